The van der Waals surface area contributed by atoms with Gasteiger partial charge in [-0.1, -0.05) is 57.5 Å². The summed E-state index contributed by atoms with van der Waals surface area (Å²) in [6.07, 6.45) is 2.03. The van der Waals surface area contributed by atoms with Crippen molar-refractivity contribution in [3.05, 3.63) is 35.9 Å². The maximum absolute atomic E-state index is 12.6. The number of nitrogens with one attached hydrogen (secondary N) is 1. The van der Waals surface area contributed by atoms with E-state index in [1.807, 2.05) is 23.1 Å². The van der Waals surface area contributed by atoms with Crippen LogP contribution in [0.25, 0.3) is 0 Å². The van der Waals surface area contributed by atoms with Crippen molar-refractivity contribution in [1.29, 1.82) is 0 Å². The van der Waals surface area contributed by atoms with Gasteiger partial charge in [0.1, 0.15) is 0 Å². The van der Waals surface area contributed by atoms with Crippen LogP contribution in [0.2, 0.25) is 0 Å². The van der Waals surface area contributed by atoms with Crippen LogP contribution in [-0.4, -0.2) is 48.6 Å². The maximum atomic E-state index is 12.6. The lowest BCUT2D eigenvalue weighted by Gasteiger charge is -2.36. The fourth-order valence-corrected chi connectivity index (χ4v) is 3.19. The van der Waals surface area contributed by atoms with E-state index >= 15 is 0 Å². The summed E-state index contributed by atoms with van der Waals surface area (Å²) in [5, 5.41) is 3.23. The summed E-state index contributed by atoms with van der Waals surface area (Å²) < 4.78 is 0. The topological polar surface area (TPSA) is 35.6 Å². The van der Waals surface area contributed by atoms with Gasteiger partial charge in [0.2, 0.25) is 0 Å². The van der Waals surface area contributed by atoms with Gasteiger partial charge in [0.25, 0.3) is 0 Å². The van der Waals surface area contributed by atoms with Crippen molar-refractivity contribution in [2.75, 3.05) is 32.7 Å². The predicted molar refractivity (Wildman–Crippen MR) is 95.5 cm³/mol. The first-order valence-electron chi connectivity index (χ1n) is 8.93. The molecular weight excluding hydrogens is 286 g/mol. The van der Waals surface area contributed by atoms with E-state index in [1.165, 1.54) is 5.56 Å². The maximum Gasteiger partial charge on any atom is 0.317 e. The number of benzene rings is 1. The normalized spacial score (nSPS) is 17.3. The molecule has 1 fully saturated rings. The summed E-state index contributed by atoms with van der Waals surface area (Å²) in [5.74, 6) is 0.683. The minimum absolute atomic E-state index is 0.0801. The largest absolute Gasteiger partial charge is 0.331 e. The fourth-order valence-electron chi connectivity index (χ4n) is 3.19. The van der Waals surface area contributed by atoms with E-state index in [4.69, 9.17) is 0 Å². The molecule has 1 aromatic carbocycles. The Morgan fingerprint density at radius 2 is 1.78 bits per heavy atom. The molecule has 128 valence electrons. The average Bonchev–Trinajstić information content (AvgIpc) is 2.55. The smallest absolute Gasteiger partial charge is 0.317 e. The molecule has 1 unspecified atom stereocenters. The Bertz CT molecular complexity index is 467. The molecule has 1 atom stereocenters. The van der Waals surface area contributed by atoms with E-state index in [2.05, 4.69) is 43.1 Å². The van der Waals surface area contributed by atoms with Crippen LogP contribution >= 0.6 is 0 Å². The molecule has 0 spiro atoms. The molecule has 1 N–H and O–H groups in total. The van der Waals surface area contributed by atoms with Gasteiger partial charge in [0.15, 0.2) is 0 Å². The Hall–Kier alpha value is -1.55. The van der Waals surface area contributed by atoms with E-state index in [9.17, 15) is 4.79 Å². The third-order valence-corrected chi connectivity index (χ3v) is 4.36. The van der Waals surface area contributed by atoms with Gasteiger partial charge in [-0.05, 0) is 17.9 Å². The molecule has 23 heavy (non-hydrogen) atoms. The molecule has 0 aromatic heterocycles. The number of nitrogens with zero attached hydrogens (tertiary/aromatic N) is 2. The van der Waals surface area contributed by atoms with Crippen LogP contribution in [0.15, 0.2) is 30.3 Å². The Morgan fingerprint density at radius 3 is 2.35 bits per heavy atom. The molecule has 1 aromatic rings. The van der Waals surface area contributed by atoms with Crippen LogP contribution in [0.1, 0.15) is 45.2 Å². The van der Waals surface area contributed by atoms with Crippen molar-refractivity contribution in [2.24, 2.45) is 5.92 Å². The van der Waals surface area contributed by atoms with Gasteiger partial charge in [0.05, 0.1) is 6.04 Å². The van der Waals surface area contributed by atoms with Gasteiger partial charge in [0, 0.05) is 32.7 Å². The van der Waals surface area contributed by atoms with E-state index in [0.29, 0.717) is 5.92 Å². The zero-order chi connectivity index (χ0) is 16.7. The molecule has 1 saturated heterocycles. The summed E-state index contributed by atoms with van der Waals surface area (Å²) in [6.45, 7) is 11.4. The van der Waals surface area contributed by atoms with Crippen LogP contribution in [0.5, 0.6) is 0 Å². The lowest BCUT2D eigenvalue weighted by Crippen LogP contribution is -2.52. The Morgan fingerprint density at radius 1 is 1.13 bits per heavy atom. The van der Waals surface area contributed by atoms with Crippen LogP contribution < -0.4 is 5.32 Å². The number of hydrogen-bond donors (Lipinski definition) is 1. The van der Waals surface area contributed by atoms with Crippen LogP contribution in [0, 0.1) is 5.92 Å². The molecule has 0 saturated carbocycles. The summed E-state index contributed by atoms with van der Waals surface area (Å²) in [4.78, 5) is 17.0. The number of hydrogen-bond acceptors (Lipinski definition) is 2. The molecule has 1 aliphatic rings. The number of amides is 2. The zero-order valence-electron chi connectivity index (χ0n) is 14.8. The molecule has 0 aliphatic carbocycles. The van der Waals surface area contributed by atoms with Crippen molar-refractivity contribution in [3.8, 4) is 0 Å². The minimum Gasteiger partial charge on any atom is -0.331 e. The molecule has 4 nitrogen and oxygen atoms in total. The third kappa shape index (κ3) is 5.54. The monoisotopic (exact) mass is 317 g/mol. The molecule has 1 heterocycles. The van der Waals surface area contributed by atoms with E-state index in [0.717, 1.165) is 45.6 Å². The second-order valence-corrected chi connectivity index (χ2v) is 6.88. The minimum atomic E-state index is 0.0801. The highest BCUT2D eigenvalue weighted by atomic mass is 16.2. The molecule has 1 aliphatic heterocycles. The number of rotatable bonds is 6. The molecule has 0 radical (unpaired) electrons. The fraction of sp³-hybridized carbons (Fsp3) is 0.632. The highest BCUT2D eigenvalue weighted by molar-refractivity contribution is 5.74. The van der Waals surface area contributed by atoms with Gasteiger partial charge < -0.3 is 10.2 Å². The summed E-state index contributed by atoms with van der Waals surface area (Å²) >= 11 is 0. The van der Waals surface area contributed by atoms with Gasteiger partial charge in [-0.15, -0.1) is 0 Å². The second-order valence-electron chi connectivity index (χ2n) is 6.88. The molecule has 2 amide bonds. The van der Waals surface area contributed by atoms with Crippen molar-refractivity contribution < 1.29 is 4.79 Å². The molecule has 0 bridgehead atoms. The van der Waals surface area contributed by atoms with Gasteiger partial charge in [-0.3, -0.25) is 4.90 Å². The number of urea groups is 1. The average molecular weight is 317 g/mol. The first kappa shape index (κ1) is 17.8. The first-order chi connectivity index (χ1) is 11.1. The standard InChI is InChI=1S/C19H31N3O/c1-4-8-18(17-9-6-5-7-10-17)20-19(23)22-13-11-21(12-14-22)15-16(2)3/h5-7,9-10,16,18H,4,8,11-15H2,1-3H3,(H,20,23). The van der Waals surface area contributed by atoms with Crippen molar-refractivity contribution in [2.45, 2.75) is 39.7 Å². The molecular formula is C19H31N3O. The lowest BCUT2D eigenvalue weighted by atomic mass is 10.0. The summed E-state index contributed by atoms with van der Waals surface area (Å²) in [6, 6.07) is 10.5. The predicted octanol–water partition coefficient (Wildman–Crippen LogP) is 3.51. The third-order valence-electron chi connectivity index (χ3n) is 4.36. The molecule has 2 rings (SSSR count). The van der Waals surface area contributed by atoms with Crippen LogP contribution in [0.4, 0.5) is 4.79 Å². The quantitative estimate of drug-likeness (QED) is 0.871. The molecule has 4 heteroatoms. The Kier molecular flexibility index (Phi) is 6.90. The number of piperazine rings is 1. The van der Waals surface area contributed by atoms with E-state index < -0.39 is 0 Å². The van der Waals surface area contributed by atoms with Crippen molar-refractivity contribution in [1.82, 2.24) is 15.1 Å². The van der Waals surface area contributed by atoms with Crippen molar-refractivity contribution >= 4 is 6.03 Å². The SMILES string of the molecule is CCCC(NC(=O)N1CCN(CC(C)C)CC1)c1ccccc1. The van der Waals surface area contributed by atoms with Gasteiger partial charge >= 0.3 is 6.03 Å². The van der Waals surface area contributed by atoms with Crippen molar-refractivity contribution in [3.63, 3.8) is 0 Å². The Balaban J connectivity index is 1.87. The second kappa shape index (κ2) is 8.92. The Labute approximate surface area is 140 Å². The van der Waals surface area contributed by atoms with Gasteiger partial charge in [-0.2, -0.15) is 0 Å². The highest BCUT2D eigenvalue weighted by Crippen LogP contribution is 2.18. The van der Waals surface area contributed by atoms with E-state index in [1.54, 1.807) is 0 Å². The van der Waals surface area contributed by atoms with E-state index in [-0.39, 0.29) is 12.1 Å². The highest BCUT2D eigenvalue weighted by Gasteiger charge is 2.23. The summed E-state index contributed by atoms with van der Waals surface area (Å²) in [7, 11) is 0. The summed E-state index contributed by atoms with van der Waals surface area (Å²) in [5.41, 5.74) is 1.20. The number of carbonyl (C=O) groups excluding carboxylic acids is 1. The van der Waals surface area contributed by atoms with Crippen LogP contribution in [0.3, 0.4) is 0 Å². The number of carbonyl (C=O) groups is 1. The van der Waals surface area contributed by atoms with Crippen LogP contribution in [-0.2, 0) is 0 Å². The first-order valence-corrected chi connectivity index (χ1v) is 8.93. The zero-order valence-corrected chi connectivity index (χ0v) is 14.8. The lowest BCUT2D eigenvalue weighted by molar-refractivity contribution is 0.129. The van der Waals surface area contributed by atoms with Gasteiger partial charge in [-0.25, -0.2) is 4.79 Å².